The van der Waals surface area contributed by atoms with E-state index in [9.17, 15) is 14.7 Å². The quantitative estimate of drug-likeness (QED) is 0.415. The Balaban J connectivity index is 1.76. The lowest BCUT2D eigenvalue weighted by molar-refractivity contribution is -0.130. The first-order valence-electron chi connectivity index (χ1n) is 10.1. The fourth-order valence-electron chi connectivity index (χ4n) is 3.92. The minimum atomic E-state index is -0.489. The molecule has 1 aliphatic heterocycles. The molecule has 3 aromatic rings. The van der Waals surface area contributed by atoms with E-state index in [-0.39, 0.29) is 5.76 Å². The highest BCUT2D eigenvalue weighted by Gasteiger charge is 2.41. The van der Waals surface area contributed by atoms with Crippen LogP contribution in [-0.4, -0.2) is 35.2 Å². The van der Waals surface area contributed by atoms with Crippen molar-refractivity contribution in [2.75, 3.05) is 13.4 Å². The molecule has 1 N–H and O–H groups in total. The molecule has 0 bridgehead atoms. The molecule has 4 rings (SSSR count). The molecular weight excluding hydrogens is 422 g/mol. The molecule has 0 saturated heterocycles. The van der Waals surface area contributed by atoms with E-state index < -0.39 is 17.9 Å². The van der Waals surface area contributed by atoms with Gasteiger partial charge in [0, 0.05) is 17.0 Å². The maximum Gasteiger partial charge on any atom is 0.337 e. The van der Waals surface area contributed by atoms with Crippen LogP contribution in [0.1, 0.15) is 33.1 Å². The molecule has 1 aliphatic rings. The molecule has 0 aromatic heterocycles. The largest absolute Gasteiger partial charge is 0.503 e. The molecule has 0 fully saturated rings. The van der Waals surface area contributed by atoms with Crippen molar-refractivity contribution in [1.82, 2.24) is 4.90 Å². The normalized spacial score (nSPS) is 15.9. The van der Waals surface area contributed by atoms with Gasteiger partial charge in [0.1, 0.15) is 0 Å². The molecule has 162 valence electrons. The van der Waals surface area contributed by atoms with Gasteiger partial charge in [-0.05, 0) is 47.2 Å². The monoisotopic (exact) mass is 445 g/mol. The van der Waals surface area contributed by atoms with Crippen LogP contribution < -0.4 is 0 Å². The summed E-state index contributed by atoms with van der Waals surface area (Å²) in [6.07, 6.45) is 2.01. The summed E-state index contributed by atoms with van der Waals surface area (Å²) in [4.78, 5) is 27.8. The van der Waals surface area contributed by atoms with Crippen molar-refractivity contribution in [3.05, 3.63) is 107 Å². The Morgan fingerprint density at radius 1 is 1.00 bits per heavy atom. The molecule has 0 saturated carbocycles. The number of aliphatic hydroxyl groups is 1. The van der Waals surface area contributed by atoms with E-state index in [0.717, 1.165) is 21.6 Å². The second kappa shape index (κ2) is 9.32. The average molecular weight is 446 g/mol. The van der Waals surface area contributed by atoms with Gasteiger partial charge in [-0.15, -0.1) is 11.8 Å². The summed E-state index contributed by atoms with van der Waals surface area (Å²) >= 11 is 1.66. The number of methoxy groups -OCH3 is 1. The number of hydrogen-bond donors (Lipinski definition) is 1. The lowest BCUT2D eigenvalue weighted by Gasteiger charge is -2.27. The van der Waals surface area contributed by atoms with Gasteiger partial charge in [0.15, 0.2) is 5.76 Å². The topological polar surface area (TPSA) is 66.8 Å². The third-order valence-electron chi connectivity index (χ3n) is 5.55. The maximum absolute atomic E-state index is 13.2. The zero-order chi connectivity index (χ0) is 22.7. The Kier molecular flexibility index (Phi) is 6.32. The summed E-state index contributed by atoms with van der Waals surface area (Å²) in [6, 6.07) is 23.9. The van der Waals surface area contributed by atoms with Crippen LogP contribution in [0.25, 0.3) is 5.57 Å². The van der Waals surface area contributed by atoms with Crippen LogP contribution in [-0.2, 0) is 16.1 Å². The predicted molar refractivity (Wildman–Crippen MR) is 125 cm³/mol. The van der Waals surface area contributed by atoms with Crippen molar-refractivity contribution in [1.29, 1.82) is 0 Å². The predicted octanol–water partition coefficient (Wildman–Crippen LogP) is 5.25. The first-order chi connectivity index (χ1) is 15.5. The summed E-state index contributed by atoms with van der Waals surface area (Å²) in [6.45, 7) is 0.345. The van der Waals surface area contributed by atoms with E-state index in [1.165, 1.54) is 7.11 Å². The van der Waals surface area contributed by atoms with Crippen LogP contribution >= 0.6 is 11.8 Å². The van der Waals surface area contributed by atoms with Gasteiger partial charge in [-0.2, -0.15) is 0 Å². The van der Waals surface area contributed by atoms with Gasteiger partial charge in [-0.3, -0.25) is 4.79 Å². The lowest BCUT2D eigenvalue weighted by atomic mass is 9.93. The Morgan fingerprint density at radius 3 is 2.25 bits per heavy atom. The molecular formula is C26H23NO4S. The molecule has 1 heterocycles. The van der Waals surface area contributed by atoms with Crippen LogP contribution in [0.4, 0.5) is 0 Å². The van der Waals surface area contributed by atoms with Crippen molar-refractivity contribution in [2.45, 2.75) is 17.5 Å². The van der Waals surface area contributed by atoms with Gasteiger partial charge < -0.3 is 14.7 Å². The summed E-state index contributed by atoms with van der Waals surface area (Å²) in [5.74, 6) is -1.09. The SMILES string of the molecule is COC(=O)c1ccc([C@@H]2C(c3ccccc3)=C(O)C(=O)N2Cc2ccc(SC)cc2)cc1. The highest BCUT2D eigenvalue weighted by Crippen LogP contribution is 2.43. The van der Waals surface area contributed by atoms with E-state index in [4.69, 9.17) is 4.74 Å². The number of ether oxygens (including phenoxy) is 1. The van der Waals surface area contributed by atoms with Crippen molar-refractivity contribution in [3.63, 3.8) is 0 Å². The Hall–Kier alpha value is -3.51. The second-order valence-corrected chi connectivity index (χ2v) is 8.31. The van der Waals surface area contributed by atoms with Gasteiger partial charge in [0.05, 0.1) is 18.7 Å². The van der Waals surface area contributed by atoms with E-state index in [0.29, 0.717) is 17.7 Å². The zero-order valence-electron chi connectivity index (χ0n) is 17.8. The Labute approximate surface area is 191 Å². The number of esters is 1. The standard InChI is InChI=1S/C26H23NO4S/c1-31-26(30)20-12-10-19(11-13-20)23-22(18-6-4-3-5-7-18)24(28)25(29)27(23)16-17-8-14-21(32-2)15-9-17/h3-15,23,28H,16H2,1-2H3/t23-/m1/s1. The van der Waals surface area contributed by atoms with Gasteiger partial charge in [-0.25, -0.2) is 4.79 Å². The number of carbonyl (C=O) groups excluding carboxylic acids is 2. The molecule has 3 aromatic carbocycles. The minimum absolute atomic E-state index is 0.251. The van der Waals surface area contributed by atoms with E-state index in [2.05, 4.69) is 0 Å². The molecule has 1 amide bonds. The minimum Gasteiger partial charge on any atom is -0.503 e. The summed E-state index contributed by atoms with van der Waals surface area (Å²) < 4.78 is 4.79. The number of rotatable bonds is 6. The van der Waals surface area contributed by atoms with Crippen molar-refractivity contribution in [2.24, 2.45) is 0 Å². The highest BCUT2D eigenvalue weighted by atomic mass is 32.2. The van der Waals surface area contributed by atoms with Crippen LogP contribution in [0, 0.1) is 0 Å². The van der Waals surface area contributed by atoms with Crippen LogP contribution in [0.2, 0.25) is 0 Å². The van der Waals surface area contributed by atoms with E-state index >= 15 is 0 Å². The average Bonchev–Trinajstić information content (AvgIpc) is 3.09. The van der Waals surface area contributed by atoms with Gasteiger partial charge in [0.2, 0.25) is 0 Å². The highest BCUT2D eigenvalue weighted by molar-refractivity contribution is 7.98. The van der Waals surface area contributed by atoms with Crippen LogP contribution in [0.15, 0.2) is 89.5 Å². The van der Waals surface area contributed by atoms with Gasteiger partial charge in [-0.1, -0.05) is 54.6 Å². The molecule has 0 aliphatic carbocycles. The number of amides is 1. The number of aliphatic hydroxyl groups excluding tert-OH is 1. The summed E-state index contributed by atoms with van der Waals surface area (Å²) in [7, 11) is 1.34. The fraction of sp³-hybridized carbons (Fsp3) is 0.154. The van der Waals surface area contributed by atoms with Crippen molar-refractivity contribution in [3.8, 4) is 0 Å². The Morgan fingerprint density at radius 2 is 1.66 bits per heavy atom. The van der Waals surface area contributed by atoms with Crippen molar-refractivity contribution >= 4 is 29.2 Å². The third-order valence-corrected chi connectivity index (χ3v) is 6.29. The molecule has 0 spiro atoms. The van der Waals surface area contributed by atoms with E-state index in [1.807, 2.05) is 60.9 Å². The van der Waals surface area contributed by atoms with Gasteiger partial charge in [0.25, 0.3) is 5.91 Å². The number of thioether (sulfide) groups is 1. The lowest BCUT2D eigenvalue weighted by Crippen LogP contribution is -2.29. The molecule has 6 heteroatoms. The number of carbonyl (C=O) groups is 2. The molecule has 0 unspecified atom stereocenters. The zero-order valence-corrected chi connectivity index (χ0v) is 18.6. The molecule has 32 heavy (non-hydrogen) atoms. The molecule has 0 radical (unpaired) electrons. The maximum atomic E-state index is 13.2. The third kappa shape index (κ3) is 4.14. The molecule has 5 nitrogen and oxygen atoms in total. The number of nitrogens with zero attached hydrogens (tertiary/aromatic N) is 1. The first kappa shape index (κ1) is 21.7. The fourth-order valence-corrected chi connectivity index (χ4v) is 4.33. The smallest absolute Gasteiger partial charge is 0.337 e. The first-order valence-corrected chi connectivity index (χ1v) is 11.4. The van der Waals surface area contributed by atoms with E-state index in [1.54, 1.807) is 40.9 Å². The Bertz CT molecular complexity index is 1150. The number of hydrogen-bond acceptors (Lipinski definition) is 5. The summed E-state index contributed by atoms with van der Waals surface area (Å²) in [5, 5.41) is 10.9. The molecule has 1 atom stereocenters. The van der Waals surface area contributed by atoms with Crippen LogP contribution in [0.5, 0.6) is 0 Å². The van der Waals surface area contributed by atoms with Crippen LogP contribution in [0.3, 0.4) is 0 Å². The van der Waals surface area contributed by atoms with Crippen molar-refractivity contribution < 1.29 is 19.4 Å². The van der Waals surface area contributed by atoms with Gasteiger partial charge >= 0.3 is 5.97 Å². The number of benzene rings is 3. The second-order valence-electron chi connectivity index (χ2n) is 7.43. The summed E-state index contributed by atoms with van der Waals surface area (Å²) in [5.41, 5.74) is 3.53.